The lowest BCUT2D eigenvalue weighted by Crippen LogP contribution is -2.43. The molecule has 0 aliphatic heterocycles. The van der Waals surface area contributed by atoms with Crippen LogP contribution in [0.15, 0.2) is 97.1 Å². The summed E-state index contributed by atoms with van der Waals surface area (Å²) >= 11 is 0. The van der Waals surface area contributed by atoms with Crippen LogP contribution in [-0.2, 0) is 37.7 Å². The van der Waals surface area contributed by atoms with Crippen LogP contribution >= 0.6 is 0 Å². The Morgan fingerprint density at radius 2 is 1.35 bits per heavy atom. The Morgan fingerprint density at radius 1 is 0.791 bits per heavy atom. The van der Waals surface area contributed by atoms with Crippen LogP contribution in [0.2, 0.25) is 0 Å². The number of rotatable bonds is 11. The average molecular weight is 604 g/mol. The zero-order valence-corrected chi connectivity index (χ0v) is 24.0. The maximum absolute atomic E-state index is 13.2. The van der Waals surface area contributed by atoms with E-state index in [0.29, 0.717) is 11.3 Å². The Balaban J connectivity index is 1.27. The van der Waals surface area contributed by atoms with Crippen molar-refractivity contribution in [1.29, 1.82) is 0 Å². The molecule has 0 fully saturated rings. The first-order valence-corrected chi connectivity index (χ1v) is 14.7. The van der Waals surface area contributed by atoms with Crippen molar-refractivity contribution in [3.63, 3.8) is 0 Å². The predicted octanol–water partition coefficient (Wildman–Crippen LogP) is 5.07. The number of fused-ring (bicyclic) bond motifs is 3. The third-order valence-corrected chi connectivity index (χ3v) is 7.43. The van der Waals surface area contributed by atoms with Crippen LogP contribution in [0.5, 0.6) is 11.5 Å². The minimum Gasteiger partial charge on any atom is -0.497 e. The van der Waals surface area contributed by atoms with E-state index in [1.165, 1.54) is 24.3 Å². The lowest BCUT2D eigenvalue weighted by atomic mass is 9.98. The molecule has 0 heterocycles. The fourth-order valence-corrected chi connectivity index (χ4v) is 5.35. The molecule has 0 saturated heterocycles. The van der Waals surface area contributed by atoms with Crippen LogP contribution in [0.25, 0.3) is 11.1 Å². The quantitative estimate of drug-likeness (QED) is 0.178. The minimum absolute atomic E-state index is 0.0117. The molecule has 10 nitrogen and oxygen atoms in total. The van der Waals surface area contributed by atoms with Crippen LogP contribution in [-0.4, -0.2) is 44.8 Å². The smallest absolute Gasteiger partial charge is 0.446 e. The zero-order chi connectivity index (χ0) is 30.4. The summed E-state index contributed by atoms with van der Waals surface area (Å²) in [6.45, 7) is 0.0297. The van der Waals surface area contributed by atoms with E-state index in [9.17, 15) is 18.0 Å². The first-order valence-electron chi connectivity index (χ1n) is 13.4. The number of carbonyl (C=O) groups excluding carboxylic acids is 2. The molecule has 1 aliphatic carbocycles. The van der Waals surface area contributed by atoms with Gasteiger partial charge in [0.05, 0.1) is 7.11 Å². The Kier molecular flexibility index (Phi) is 8.93. The Hall–Kier alpha value is -4.87. The Morgan fingerprint density at radius 3 is 1.93 bits per heavy atom. The maximum atomic E-state index is 13.2. The van der Waals surface area contributed by atoms with E-state index in [2.05, 4.69) is 9.50 Å². The summed E-state index contributed by atoms with van der Waals surface area (Å²) in [6, 6.07) is 27.4. The van der Waals surface area contributed by atoms with E-state index < -0.39 is 28.5 Å². The van der Waals surface area contributed by atoms with Gasteiger partial charge in [0.15, 0.2) is 0 Å². The number of esters is 1. The van der Waals surface area contributed by atoms with Gasteiger partial charge in [-0.2, -0.15) is 8.42 Å². The van der Waals surface area contributed by atoms with E-state index in [4.69, 9.17) is 18.8 Å². The summed E-state index contributed by atoms with van der Waals surface area (Å²) in [5, 5.41) is 2.62. The molecule has 222 valence electrons. The van der Waals surface area contributed by atoms with E-state index in [1.807, 2.05) is 48.5 Å². The van der Waals surface area contributed by atoms with Gasteiger partial charge in [0.2, 0.25) is 0 Å². The molecular formula is C32H29NO9S. The summed E-state index contributed by atoms with van der Waals surface area (Å²) in [5.41, 5.74) is 5.58. The molecule has 4 aromatic rings. The third-order valence-electron chi connectivity index (χ3n) is 7.03. The molecule has 0 aromatic heterocycles. The van der Waals surface area contributed by atoms with Gasteiger partial charge in [-0.05, 0) is 57.6 Å². The van der Waals surface area contributed by atoms with Gasteiger partial charge in [0.25, 0.3) is 0 Å². The van der Waals surface area contributed by atoms with Crippen molar-refractivity contribution in [2.75, 3.05) is 13.7 Å². The molecule has 1 unspecified atom stereocenters. The van der Waals surface area contributed by atoms with Gasteiger partial charge in [0, 0.05) is 12.3 Å². The topological polar surface area (TPSA) is 137 Å². The standard InChI is InChI=1S/C32H29NO9S/c1-39-23-14-12-22(13-15-23)19-40-31(34)30(18-21-10-16-24(17-11-21)42-43(36,37)38)33-32(35)41-20-29-27-8-4-2-6-25(27)26-7-3-5-9-28(26)29/h2-17,29-30H,18-20H2,1H3,(H,33,35)(H,36,37,38). The van der Waals surface area contributed by atoms with Crippen molar-refractivity contribution in [2.45, 2.75) is 25.0 Å². The van der Waals surface area contributed by atoms with Gasteiger partial charge >= 0.3 is 22.5 Å². The van der Waals surface area contributed by atoms with Crippen molar-refractivity contribution in [1.82, 2.24) is 5.32 Å². The fraction of sp³-hybridized carbons (Fsp3) is 0.188. The van der Waals surface area contributed by atoms with Crippen LogP contribution < -0.4 is 14.2 Å². The van der Waals surface area contributed by atoms with E-state index in [-0.39, 0.29) is 31.3 Å². The lowest BCUT2D eigenvalue weighted by Gasteiger charge is -2.19. The highest BCUT2D eigenvalue weighted by atomic mass is 32.3. The molecule has 2 N–H and O–H groups in total. The molecule has 1 aliphatic rings. The number of benzene rings is 4. The van der Waals surface area contributed by atoms with Gasteiger partial charge in [-0.15, -0.1) is 0 Å². The van der Waals surface area contributed by atoms with Gasteiger partial charge in [-0.1, -0.05) is 72.8 Å². The molecule has 0 bridgehead atoms. The summed E-state index contributed by atoms with van der Waals surface area (Å²) in [6.07, 6.45) is -0.780. The molecule has 43 heavy (non-hydrogen) atoms. The Bertz CT molecular complexity index is 1660. The molecule has 0 radical (unpaired) electrons. The number of amides is 1. The third kappa shape index (κ3) is 7.51. The van der Waals surface area contributed by atoms with E-state index in [0.717, 1.165) is 27.8 Å². The van der Waals surface area contributed by atoms with Crippen molar-refractivity contribution in [3.05, 3.63) is 119 Å². The molecule has 0 spiro atoms. The van der Waals surface area contributed by atoms with Gasteiger partial charge in [0.1, 0.15) is 30.8 Å². The monoisotopic (exact) mass is 603 g/mol. The number of alkyl carbamates (subject to hydrolysis) is 1. The average Bonchev–Trinajstić information content (AvgIpc) is 3.32. The molecule has 5 rings (SSSR count). The number of ether oxygens (including phenoxy) is 3. The molecule has 0 saturated carbocycles. The van der Waals surface area contributed by atoms with Crippen molar-refractivity contribution in [3.8, 4) is 22.6 Å². The van der Waals surface area contributed by atoms with Crippen molar-refractivity contribution in [2.24, 2.45) is 0 Å². The summed E-state index contributed by atoms with van der Waals surface area (Å²) in [5.74, 6) is -0.308. The van der Waals surface area contributed by atoms with Crippen molar-refractivity contribution < 1.29 is 41.0 Å². The minimum atomic E-state index is -4.69. The van der Waals surface area contributed by atoms with Gasteiger partial charge in [-0.3, -0.25) is 4.55 Å². The zero-order valence-electron chi connectivity index (χ0n) is 23.1. The van der Waals surface area contributed by atoms with Crippen LogP contribution in [0.4, 0.5) is 4.79 Å². The molecule has 4 aromatic carbocycles. The van der Waals surface area contributed by atoms with Crippen LogP contribution in [0.3, 0.4) is 0 Å². The van der Waals surface area contributed by atoms with Crippen molar-refractivity contribution >= 4 is 22.5 Å². The normalized spacial score (nSPS) is 12.9. The largest absolute Gasteiger partial charge is 0.497 e. The maximum Gasteiger partial charge on any atom is 0.446 e. The first-order chi connectivity index (χ1) is 20.7. The second kappa shape index (κ2) is 13.0. The van der Waals surface area contributed by atoms with Crippen LogP contribution in [0, 0.1) is 0 Å². The number of nitrogens with one attached hydrogen (secondary N) is 1. The summed E-state index contributed by atoms with van der Waals surface area (Å²) in [7, 11) is -3.14. The first kappa shape index (κ1) is 29.6. The second-order valence-corrected chi connectivity index (χ2v) is 10.9. The fourth-order valence-electron chi connectivity index (χ4n) is 4.99. The molecular weight excluding hydrogens is 574 g/mol. The van der Waals surface area contributed by atoms with Crippen LogP contribution in [0.1, 0.15) is 28.2 Å². The molecule has 1 amide bonds. The number of carbonyl (C=O) groups is 2. The number of hydrogen-bond acceptors (Lipinski definition) is 8. The molecule has 11 heteroatoms. The Labute approximate surface area is 249 Å². The highest BCUT2D eigenvalue weighted by Crippen LogP contribution is 2.44. The number of methoxy groups -OCH3 is 1. The molecule has 1 atom stereocenters. The number of hydrogen-bond donors (Lipinski definition) is 2. The van der Waals surface area contributed by atoms with Gasteiger partial charge < -0.3 is 23.7 Å². The second-order valence-electron chi connectivity index (χ2n) is 9.84. The SMILES string of the molecule is COc1ccc(COC(=O)C(Cc2ccc(OS(=O)(=O)O)cc2)NC(=O)OCC2c3ccccc3-c3ccccc32)cc1. The predicted molar refractivity (Wildman–Crippen MR) is 157 cm³/mol. The highest BCUT2D eigenvalue weighted by Gasteiger charge is 2.30. The van der Waals surface area contributed by atoms with E-state index >= 15 is 0 Å². The summed E-state index contributed by atoms with van der Waals surface area (Å²) < 4.78 is 51.6. The van der Waals surface area contributed by atoms with Gasteiger partial charge in [-0.25, -0.2) is 9.59 Å². The highest BCUT2D eigenvalue weighted by molar-refractivity contribution is 7.81. The summed E-state index contributed by atoms with van der Waals surface area (Å²) in [4.78, 5) is 26.2. The lowest BCUT2D eigenvalue weighted by molar-refractivity contribution is -0.147. The van der Waals surface area contributed by atoms with E-state index in [1.54, 1.807) is 31.4 Å².